The van der Waals surface area contributed by atoms with E-state index in [2.05, 4.69) is 0 Å². The van der Waals surface area contributed by atoms with Crippen LogP contribution in [0.25, 0.3) is 0 Å². The summed E-state index contributed by atoms with van der Waals surface area (Å²) in [6, 6.07) is 1.87. The third kappa shape index (κ3) is 2.88. The van der Waals surface area contributed by atoms with Gasteiger partial charge in [0.25, 0.3) is 0 Å². The maximum Gasteiger partial charge on any atom is 0.230 e. The first kappa shape index (κ1) is 13.8. The number of hydrogen-bond acceptors (Lipinski definition) is 3. The van der Waals surface area contributed by atoms with Gasteiger partial charge in [-0.05, 0) is 18.9 Å². The Balaban J connectivity index is 2.74. The fourth-order valence-corrected chi connectivity index (χ4v) is 2.06. The molecule has 0 aromatic carbocycles. The molecule has 0 aliphatic carbocycles. The van der Waals surface area contributed by atoms with Crippen molar-refractivity contribution in [3.63, 3.8) is 0 Å². The standard InChI is InChI=1S/C13H22N2O2/c1-4-13(5-2,10-14)12(16)15(3)8-11-6-7-17-9-11/h6-7,9H,4-5,8,10,14H2,1-3H3. The first-order valence-electron chi connectivity index (χ1n) is 6.06. The van der Waals surface area contributed by atoms with E-state index < -0.39 is 5.41 Å². The molecule has 0 saturated heterocycles. The number of rotatable bonds is 6. The van der Waals surface area contributed by atoms with E-state index >= 15 is 0 Å². The monoisotopic (exact) mass is 238 g/mol. The molecule has 0 spiro atoms. The zero-order chi connectivity index (χ0) is 12.9. The van der Waals surface area contributed by atoms with Crippen LogP contribution in [0.2, 0.25) is 0 Å². The van der Waals surface area contributed by atoms with E-state index in [1.54, 1.807) is 17.4 Å². The van der Waals surface area contributed by atoms with Gasteiger partial charge in [-0.25, -0.2) is 0 Å². The maximum atomic E-state index is 12.4. The van der Waals surface area contributed by atoms with E-state index in [0.717, 1.165) is 18.4 Å². The average Bonchev–Trinajstić information content (AvgIpc) is 2.84. The molecule has 2 N–H and O–H groups in total. The Morgan fingerprint density at radius 2 is 2.12 bits per heavy atom. The Kier molecular flexibility index (Phi) is 4.75. The summed E-state index contributed by atoms with van der Waals surface area (Å²) in [6.07, 6.45) is 4.82. The molecule has 0 atom stereocenters. The van der Waals surface area contributed by atoms with E-state index in [0.29, 0.717) is 13.1 Å². The molecule has 1 amide bonds. The number of nitrogens with zero attached hydrogens (tertiary/aromatic N) is 1. The molecule has 0 saturated carbocycles. The van der Waals surface area contributed by atoms with Gasteiger partial charge in [-0.15, -0.1) is 0 Å². The number of nitrogens with two attached hydrogens (primary N) is 1. The molecule has 1 rings (SSSR count). The van der Waals surface area contributed by atoms with Gasteiger partial charge in [-0.2, -0.15) is 0 Å². The first-order valence-corrected chi connectivity index (χ1v) is 6.06. The highest BCUT2D eigenvalue weighted by molar-refractivity contribution is 5.82. The summed E-state index contributed by atoms with van der Waals surface area (Å²) in [6.45, 7) is 4.99. The van der Waals surface area contributed by atoms with Crippen molar-refractivity contribution in [1.29, 1.82) is 0 Å². The van der Waals surface area contributed by atoms with Crippen molar-refractivity contribution >= 4 is 5.91 Å². The van der Waals surface area contributed by atoms with Crippen molar-refractivity contribution < 1.29 is 9.21 Å². The van der Waals surface area contributed by atoms with Gasteiger partial charge in [-0.3, -0.25) is 4.79 Å². The lowest BCUT2D eigenvalue weighted by atomic mass is 9.81. The highest BCUT2D eigenvalue weighted by Gasteiger charge is 2.35. The second-order valence-electron chi connectivity index (χ2n) is 4.48. The van der Waals surface area contributed by atoms with Gasteiger partial charge in [0, 0.05) is 25.7 Å². The topological polar surface area (TPSA) is 59.5 Å². The summed E-state index contributed by atoms with van der Waals surface area (Å²) < 4.78 is 5.00. The minimum atomic E-state index is -0.418. The number of furan rings is 1. The van der Waals surface area contributed by atoms with Crippen LogP contribution in [0, 0.1) is 5.41 Å². The molecule has 0 aliphatic rings. The number of amides is 1. The Morgan fingerprint density at radius 3 is 2.53 bits per heavy atom. The molecule has 1 heterocycles. The lowest BCUT2D eigenvalue weighted by Gasteiger charge is -2.33. The van der Waals surface area contributed by atoms with Crippen LogP contribution in [0.5, 0.6) is 0 Å². The molecule has 4 nitrogen and oxygen atoms in total. The zero-order valence-electron chi connectivity index (χ0n) is 10.9. The average molecular weight is 238 g/mol. The summed E-state index contributed by atoms with van der Waals surface area (Å²) in [7, 11) is 1.81. The fraction of sp³-hybridized carbons (Fsp3) is 0.615. The molecular weight excluding hydrogens is 216 g/mol. The van der Waals surface area contributed by atoms with Gasteiger partial charge < -0.3 is 15.1 Å². The Morgan fingerprint density at radius 1 is 1.47 bits per heavy atom. The van der Waals surface area contributed by atoms with Crippen molar-refractivity contribution in [3.8, 4) is 0 Å². The summed E-state index contributed by atoms with van der Waals surface area (Å²) in [5.74, 6) is 0.117. The molecule has 96 valence electrons. The number of hydrogen-bond donors (Lipinski definition) is 1. The van der Waals surface area contributed by atoms with Crippen LogP contribution in [-0.2, 0) is 11.3 Å². The molecular formula is C13H22N2O2. The van der Waals surface area contributed by atoms with E-state index in [4.69, 9.17) is 10.2 Å². The van der Waals surface area contributed by atoms with Gasteiger partial charge in [0.2, 0.25) is 5.91 Å². The fourth-order valence-electron chi connectivity index (χ4n) is 2.06. The molecule has 0 radical (unpaired) electrons. The molecule has 0 bridgehead atoms. The highest BCUT2D eigenvalue weighted by Crippen LogP contribution is 2.27. The van der Waals surface area contributed by atoms with Crippen molar-refractivity contribution in [2.45, 2.75) is 33.2 Å². The van der Waals surface area contributed by atoms with Crippen molar-refractivity contribution in [3.05, 3.63) is 24.2 Å². The Hall–Kier alpha value is -1.29. The molecule has 17 heavy (non-hydrogen) atoms. The maximum absolute atomic E-state index is 12.4. The lowest BCUT2D eigenvalue weighted by molar-refractivity contribution is -0.141. The largest absolute Gasteiger partial charge is 0.472 e. The van der Waals surface area contributed by atoms with Crippen LogP contribution < -0.4 is 5.73 Å². The molecule has 0 fully saturated rings. The molecule has 0 unspecified atom stereocenters. The molecule has 0 aliphatic heterocycles. The van der Waals surface area contributed by atoms with E-state index in [1.807, 2.05) is 27.0 Å². The predicted octanol–water partition coefficient (Wildman–Crippen LogP) is 2.00. The van der Waals surface area contributed by atoms with Crippen molar-refractivity contribution in [2.75, 3.05) is 13.6 Å². The van der Waals surface area contributed by atoms with Crippen LogP contribution in [0.4, 0.5) is 0 Å². The molecule has 4 heteroatoms. The zero-order valence-corrected chi connectivity index (χ0v) is 10.9. The van der Waals surface area contributed by atoms with Crippen LogP contribution in [0.3, 0.4) is 0 Å². The third-order valence-electron chi connectivity index (χ3n) is 3.54. The first-order chi connectivity index (χ1) is 8.09. The second-order valence-corrected chi connectivity index (χ2v) is 4.48. The van der Waals surface area contributed by atoms with Gasteiger partial charge in [-0.1, -0.05) is 13.8 Å². The number of carbonyl (C=O) groups excluding carboxylic acids is 1. The molecule has 1 aromatic heterocycles. The van der Waals surface area contributed by atoms with E-state index in [9.17, 15) is 4.79 Å². The van der Waals surface area contributed by atoms with Crippen molar-refractivity contribution in [1.82, 2.24) is 4.90 Å². The smallest absolute Gasteiger partial charge is 0.230 e. The highest BCUT2D eigenvalue weighted by atomic mass is 16.3. The van der Waals surface area contributed by atoms with Crippen LogP contribution in [0.1, 0.15) is 32.3 Å². The molecule has 1 aromatic rings. The van der Waals surface area contributed by atoms with Gasteiger partial charge in [0.15, 0.2) is 0 Å². The van der Waals surface area contributed by atoms with Crippen LogP contribution >= 0.6 is 0 Å². The van der Waals surface area contributed by atoms with E-state index in [1.165, 1.54) is 0 Å². The van der Waals surface area contributed by atoms with Gasteiger partial charge >= 0.3 is 0 Å². The summed E-state index contributed by atoms with van der Waals surface area (Å²) >= 11 is 0. The normalized spacial score (nSPS) is 11.5. The number of carbonyl (C=O) groups is 1. The summed E-state index contributed by atoms with van der Waals surface area (Å²) in [5.41, 5.74) is 6.36. The van der Waals surface area contributed by atoms with Crippen molar-refractivity contribution in [2.24, 2.45) is 11.1 Å². The minimum Gasteiger partial charge on any atom is -0.472 e. The minimum absolute atomic E-state index is 0.117. The summed E-state index contributed by atoms with van der Waals surface area (Å²) in [4.78, 5) is 14.1. The predicted molar refractivity (Wildman–Crippen MR) is 67.3 cm³/mol. The second kappa shape index (κ2) is 5.87. The lowest BCUT2D eigenvalue weighted by Crippen LogP contribution is -2.45. The Bertz CT molecular complexity index is 334. The SMILES string of the molecule is CCC(CC)(CN)C(=O)N(C)Cc1ccoc1. The quantitative estimate of drug-likeness (QED) is 0.824. The Labute approximate surface area is 103 Å². The third-order valence-corrected chi connectivity index (χ3v) is 3.54. The van der Waals surface area contributed by atoms with Gasteiger partial charge in [0.05, 0.1) is 17.9 Å². The van der Waals surface area contributed by atoms with E-state index in [-0.39, 0.29) is 5.91 Å². The van der Waals surface area contributed by atoms with Crippen LogP contribution in [0.15, 0.2) is 23.0 Å². The van der Waals surface area contributed by atoms with Crippen LogP contribution in [-0.4, -0.2) is 24.4 Å². The van der Waals surface area contributed by atoms with Gasteiger partial charge in [0.1, 0.15) is 0 Å². The summed E-state index contributed by atoms with van der Waals surface area (Å²) in [5, 5.41) is 0.